The van der Waals surface area contributed by atoms with Gasteiger partial charge in [0.15, 0.2) is 0 Å². The number of hydrogen-bond donors (Lipinski definition) is 0. The molecule has 2 heteroatoms. The van der Waals surface area contributed by atoms with E-state index in [1.807, 2.05) is 26.0 Å². The van der Waals surface area contributed by atoms with Crippen LogP contribution in [0, 0.1) is 0 Å². The third-order valence-electron chi connectivity index (χ3n) is 1.13. The van der Waals surface area contributed by atoms with Crippen molar-refractivity contribution in [3.63, 3.8) is 0 Å². The van der Waals surface area contributed by atoms with E-state index in [1.54, 1.807) is 0 Å². The molecule has 0 aromatic rings. The molecule has 104 valence electrons. The Hall–Kier alpha value is -0.0800. The van der Waals surface area contributed by atoms with E-state index in [2.05, 4.69) is 53.6 Å². The average molecular weight is 234 g/mol. The lowest BCUT2D eigenvalue weighted by Gasteiger charge is -2.00. The van der Waals surface area contributed by atoms with Crippen molar-refractivity contribution < 1.29 is 0 Å². The van der Waals surface area contributed by atoms with E-state index in [9.17, 15) is 0 Å². The topological polar surface area (TPSA) is 6.48 Å². The Labute approximate surface area is 106 Å². The first-order valence-corrected chi connectivity index (χ1v) is 6.59. The normalized spacial score (nSPS) is 8.25. The van der Waals surface area contributed by atoms with Crippen molar-refractivity contribution in [1.29, 1.82) is 0 Å². The van der Waals surface area contributed by atoms with Crippen molar-refractivity contribution in [2.75, 3.05) is 41.8 Å². The second kappa shape index (κ2) is 29.4. The van der Waals surface area contributed by atoms with Gasteiger partial charge >= 0.3 is 0 Å². The van der Waals surface area contributed by atoms with E-state index >= 15 is 0 Å². The largest absolute Gasteiger partial charge is 0.312 e. The lowest BCUT2D eigenvalue weighted by molar-refractivity contribution is 0.434. The van der Waals surface area contributed by atoms with Crippen LogP contribution in [0.25, 0.3) is 0 Å². The first-order valence-electron chi connectivity index (χ1n) is 6.59. The minimum absolute atomic E-state index is 1.14. The van der Waals surface area contributed by atoms with Gasteiger partial charge in [0.05, 0.1) is 0 Å². The van der Waals surface area contributed by atoms with Gasteiger partial charge < -0.3 is 9.80 Å². The van der Waals surface area contributed by atoms with Crippen LogP contribution in [0.2, 0.25) is 0 Å². The summed E-state index contributed by atoms with van der Waals surface area (Å²) >= 11 is 0. The van der Waals surface area contributed by atoms with Crippen molar-refractivity contribution in [3.05, 3.63) is 0 Å². The molecule has 0 bridgehead atoms. The fourth-order valence-electron chi connectivity index (χ4n) is 0. The number of rotatable bonds is 2. The van der Waals surface area contributed by atoms with Gasteiger partial charge in [-0.3, -0.25) is 0 Å². The Morgan fingerprint density at radius 2 is 0.750 bits per heavy atom. The number of nitrogens with zero attached hydrogens (tertiary/aromatic N) is 2. The Bertz CT molecular complexity index is 66.4. The second-order valence-electron chi connectivity index (χ2n) is 4.44. The predicted octanol–water partition coefficient (Wildman–Crippen LogP) is 3.97. The zero-order valence-corrected chi connectivity index (χ0v) is 13.7. The summed E-state index contributed by atoms with van der Waals surface area (Å²) in [5, 5.41) is 0. The Morgan fingerprint density at radius 1 is 0.625 bits per heavy atom. The molecule has 0 N–H and O–H groups in total. The maximum absolute atomic E-state index is 2.18. The molecule has 16 heavy (non-hydrogen) atoms. The van der Waals surface area contributed by atoms with Gasteiger partial charge in [-0.05, 0) is 41.8 Å². The Balaban J connectivity index is -0.0000000610. The van der Waals surface area contributed by atoms with E-state index in [1.165, 1.54) is 19.3 Å². The molecule has 0 aliphatic rings. The summed E-state index contributed by atoms with van der Waals surface area (Å²) in [5.74, 6) is 0. The van der Waals surface area contributed by atoms with Gasteiger partial charge in [0, 0.05) is 0 Å². The van der Waals surface area contributed by atoms with Crippen molar-refractivity contribution >= 4 is 0 Å². The molecule has 2 nitrogen and oxygen atoms in total. The van der Waals surface area contributed by atoms with Crippen molar-refractivity contribution in [3.8, 4) is 0 Å². The summed E-state index contributed by atoms with van der Waals surface area (Å²) in [6, 6.07) is 0. The average Bonchev–Trinajstić information content (AvgIpc) is 2.18. The highest BCUT2D eigenvalue weighted by molar-refractivity contribution is 4.25. The van der Waals surface area contributed by atoms with Crippen LogP contribution in [0.1, 0.15) is 53.9 Å². The Kier molecular flexibility index (Phi) is 45.8. The van der Waals surface area contributed by atoms with Crippen LogP contribution in [-0.4, -0.2) is 51.6 Å². The lowest BCUT2D eigenvalue weighted by Crippen LogP contribution is -2.08. The number of hydrogen-bond acceptors (Lipinski definition) is 2. The summed E-state index contributed by atoms with van der Waals surface area (Å²) in [4.78, 5) is 4.12. The van der Waals surface area contributed by atoms with Crippen LogP contribution in [0.3, 0.4) is 0 Å². The molecule has 0 fully saturated rings. The summed E-state index contributed by atoms with van der Waals surface area (Å²) in [7, 11) is 10.1. The minimum Gasteiger partial charge on any atom is -0.312 e. The molecule has 0 amide bonds. The molecule has 0 saturated heterocycles. The maximum atomic E-state index is 2.18. The zero-order valence-electron chi connectivity index (χ0n) is 13.7. The summed E-state index contributed by atoms with van der Waals surface area (Å²) in [6.07, 6.45) is 3.89. The first-order chi connectivity index (χ1) is 7.33. The van der Waals surface area contributed by atoms with Crippen molar-refractivity contribution in [2.24, 2.45) is 0 Å². The van der Waals surface area contributed by atoms with Crippen LogP contribution in [-0.2, 0) is 0 Å². The molecule has 0 heterocycles. The van der Waals surface area contributed by atoms with Gasteiger partial charge in [-0.15, -0.1) is 0 Å². The quantitative estimate of drug-likeness (QED) is 0.713. The fourth-order valence-corrected chi connectivity index (χ4v) is 0. The summed E-state index contributed by atoms with van der Waals surface area (Å²) in [5.41, 5.74) is 0. The summed E-state index contributed by atoms with van der Waals surface area (Å²) in [6.45, 7) is 11.9. The van der Waals surface area contributed by atoms with Crippen molar-refractivity contribution in [2.45, 2.75) is 53.9 Å². The fraction of sp³-hybridized carbons (Fsp3) is 1.00. The molecule has 0 spiro atoms. The van der Waals surface area contributed by atoms with Crippen LogP contribution < -0.4 is 0 Å². The molecule has 0 atom stereocenters. The van der Waals surface area contributed by atoms with Gasteiger partial charge in [0.2, 0.25) is 0 Å². The van der Waals surface area contributed by atoms with Crippen LogP contribution in [0.4, 0.5) is 0 Å². The minimum atomic E-state index is 1.14. The molecule has 0 radical (unpaired) electrons. The highest BCUT2D eigenvalue weighted by Gasteiger charge is 1.72. The molecular formula is C14H38N2. The Morgan fingerprint density at radius 3 is 0.750 bits per heavy atom. The van der Waals surface area contributed by atoms with E-state index in [-0.39, 0.29) is 0 Å². The smallest absolute Gasteiger partial charge is 0.00533 e. The monoisotopic (exact) mass is 234 g/mol. The summed E-state index contributed by atoms with van der Waals surface area (Å²) < 4.78 is 0. The molecule has 0 aliphatic carbocycles. The molecule has 0 saturated carbocycles. The van der Waals surface area contributed by atoms with Gasteiger partial charge in [-0.2, -0.15) is 0 Å². The van der Waals surface area contributed by atoms with E-state index in [0.29, 0.717) is 0 Å². The van der Waals surface area contributed by atoms with Gasteiger partial charge in [-0.1, -0.05) is 53.9 Å². The third-order valence-corrected chi connectivity index (χ3v) is 1.13. The van der Waals surface area contributed by atoms with Gasteiger partial charge in [0.25, 0.3) is 0 Å². The lowest BCUT2D eigenvalue weighted by atomic mass is 10.4. The molecule has 0 rings (SSSR count). The molecule has 0 aromatic carbocycles. The predicted molar refractivity (Wildman–Crippen MR) is 80.4 cm³/mol. The van der Waals surface area contributed by atoms with Crippen LogP contribution in [0.15, 0.2) is 0 Å². The molecule has 0 aromatic heterocycles. The van der Waals surface area contributed by atoms with E-state index in [0.717, 1.165) is 6.54 Å². The third kappa shape index (κ3) is 273. The number of unbranched alkanes of at least 4 members (excludes halogenated alkanes) is 1. The van der Waals surface area contributed by atoms with Crippen LogP contribution in [0.5, 0.6) is 0 Å². The zero-order chi connectivity index (χ0) is 14.0. The highest BCUT2D eigenvalue weighted by atomic mass is 15.0. The highest BCUT2D eigenvalue weighted by Crippen LogP contribution is 1.76. The van der Waals surface area contributed by atoms with E-state index < -0.39 is 0 Å². The van der Waals surface area contributed by atoms with Crippen molar-refractivity contribution in [1.82, 2.24) is 9.80 Å². The van der Waals surface area contributed by atoms with E-state index in [4.69, 9.17) is 0 Å². The molecule has 0 aliphatic heterocycles. The van der Waals surface area contributed by atoms with Gasteiger partial charge in [0.1, 0.15) is 0 Å². The molecular weight excluding hydrogens is 196 g/mol. The second-order valence-corrected chi connectivity index (χ2v) is 4.44. The standard InChI is InChI=1S/C4H11N.C4H10.C3H9N.C3H8/c1-4-5(2)3;1-3-4-2;1-4(2)3;1-3-2/h4H2,1-3H3;3-4H2,1-2H3;1-3H3;3H2,1-2H3. The first kappa shape index (κ1) is 24.9. The van der Waals surface area contributed by atoms with Gasteiger partial charge in [-0.25, -0.2) is 0 Å². The SMILES string of the molecule is CCC.CCCC.CCN(C)C.CN(C)C. The molecule has 0 unspecified atom stereocenters. The van der Waals surface area contributed by atoms with Crippen LogP contribution >= 0.6 is 0 Å². The maximum Gasteiger partial charge on any atom is -0.00533 e.